The minimum atomic E-state index is -5.08. The van der Waals surface area contributed by atoms with Gasteiger partial charge in [0.1, 0.15) is 0 Å². The van der Waals surface area contributed by atoms with E-state index < -0.39 is 18.2 Å². The predicted molar refractivity (Wildman–Crippen MR) is 186 cm³/mol. The summed E-state index contributed by atoms with van der Waals surface area (Å²) in [5.74, 6) is -3.38. The molecule has 0 unspecified atom stereocenters. The fourth-order valence-corrected chi connectivity index (χ4v) is 5.85. The molecular weight excluding hydrogens is 703 g/mol. The van der Waals surface area contributed by atoms with Gasteiger partial charge in [-0.2, -0.15) is 18.3 Å². The molecule has 1 aliphatic heterocycles. The minimum Gasteiger partial charge on any atom is -0.475 e. The molecule has 3 aromatic heterocycles. The molecular formula is C36H33ClF3N7O5. The second-order valence-electron chi connectivity index (χ2n) is 12.0. The summed E-state index contributed by atoms with van der Waals surface area (Å²) in [6.45, 7) is 2.25. The normalized spacial score (nSPS) is 15.8. The van der Waals surface area contributed by atoms with Gasteiger partial charge in [0.05, 0.1) is 41.3 Å². The lowest BCUT2D eigenvalue weighted by atomic mass is 9.97. The van der Waals surface area contributed by atoms with Gasteiger partial charge in [0, 0.05) is 53.5 Å². The molecule has 0 radical (unpaired) electrons. The highest BCUT2D eigenvalue weighted by atomic mass is 35.5. The number of hydrogen-bond acceptors (Lipinski definition) is 7. The van der Waals surface area contributed by atoms with E-state index in [-0.39, 0.29) is 23.3 Å². The smallest absolute Gasteiger partial charge is 0.475 e. The number of carbonyl (C=O) groups excluding carboxylic acids is 2. The second kappa shape index (κ2) is 16.0. The first-order valence-corrected chi connectivity index (χ1v) is 16.4. The number of amides is 2. The van der Waals surface area contributed by atoms with Crippen LogP contribution in [0.3, 0.4) is 0 Å². The van der Waals surface area contributed by atoms with Crippen molar-refractivity contribution in [1.29, 1.82) is 0 Å². The van der Waals surface area contributed by atoms with E-state index in [0.29, 0.717) is 59.0 Å². The lowest BCUT2D eigenvalue weighted by Crippen LogP contribution is -2.27. The van der Waals surface area contributed by atoms with Crippen molar-refractivity contribution in [2.75, 3.05) is 5.32 Å². The summed E-state index contributed by atoms with van der Waals surface area (Å²) >= 11 is 6.34. The third-order valence-corrected chi connectivity index (χ3v) is 8.60. The number of halogens is 4. The van der Waals surface area contributed by atoms with Gasteiger partial charge in [-0.25, -0.2) is 9.78 Å². The van der Waals surface area contributed by atoms with Gasteiger partial charge in [-0.15, -0.1) is 0 Å². The van der Waals surface area contributed by atoms with Gasteiger partial charge in [0.15, 0.2) is 0 Å². The number of fused-ring (bicyclic) bond motifs is 4. The molecule has 2 atom stereocenters. The average Bonchev–Trinajstić information content (AvgIpc) is 3.48. The molecule has 0 saturated heterocycles. The number of aryl methyl sites for hydroxylation is 1. The van der Waals surface area contributed by atoms with Crippen LogP contribution >= 0.6 is 11.6 Å². The monoisotopic (exact) mass is 735 g/mol. The summed E-state index contributed by atoms with van der Waals surface area (Å²) in [4.78, 5) is 58.2. The zero-order valence-corrected chi connectivity index (χ0v) is 28.7. The average molecular weight is 736 g/mol. The molecule has 4 heterocycles. The van der Waals surface area contributed by atoms with Gasteiger partial charge in [-0.1, -0.05) is 55.3 Å². The SMILES string of the molecule is C[C@@H]1CCC[C@H](n2cnc(-c3cc(Cl)ccc3C(=O)NCc3ccccc3)cc2=O)c2cc(ccn2)-c2c(cnn2C)NC1=O.O=C(O)C(F)(F)F. The molecule has 2 amide bonds. The molecule has 2 aromatic carbocycles. The van der Waals surface area contributed by atoms with Crippen LogP contribution < -0.4 is 16.2 Å². The van der Waals surface area contributed by atoms with Crippen LogP contribution in [-0.2, 0) is 23.2 Å². The Bertz CT molecular complexity index is 2150. The molecule has 0 spiro atoms. The summed E-state index contributed by atoms with van der Waals surface area (Å²) in [6.07, 6.45) is 1.63. The number of aliphatic carboxylic acids is 1. The van der Waals surface area contributed by atoms with Crippen LogP contribution in [0.5, 0.6) is 0 Å². The second-order valence-corrected chi connectivity index (χ2v) is 12.5. The molecule has 3 N–H and O–H groups in total. The summed E-state index contributed by atoms with van der Waals surface area (Å²) in [6, 6.07) is 19.3. The van der Waals surface area contributed by atoms with E-state index in [2.05, 4.69) is 25.7 Å². The van der Waals surface area contributed by atoms with Crippen LogP contribution in [0.4, 0.5) is 18.9 Å². The number of nitrogens with zero attached hydrogens (tertiary/aromatic N) is 5. The molecule has 1 aliphatic rings. The van der Waals surface area contributed by atoms with Crippen molar-refractivity contribution in [3.05, 3.63) is 118 Å². The Morgan fingerprint density at radius 1 is 1.04 bits per heavy atom. The van der Waals surface area contributed by atoms with Crippen LogP contribution in [-0.4, -0.2) is 53.4 Å². The van der Waals surface area contributed by atoms with Crippen LogP contribution in [0.25, 0.3) is 22.5 Å². The van der Waals surface area contributed by atoms with Gasteiger partial charge in [0.2, 0.25) is 5.91 Å². The Morgan fingerprint density at radius 3 is 2.46 bits per heavy atom. The van der Waals surface area contributed by atoms with Crippen molar-refractivity contribution in [1.82, 2.24) is 29.6 Å². The van der Waals surface area contributed by atoms with Crippen LogP contribution in [0, 0.1) is 5.92 Å². The highest BCUT2D eigenvalue weighted by Gasteiger charge is 2.38. The molecule has 5 aromatic rings. The van der Waals surface area contributed by atoms with Crippen molar-refractivity contribution in [2.24, 2.45) is 13.0 Å². The first-order valence-electron chi connectivity index (χ1n) is 16.0. The number of anilines is 1. The van der Waals surface area contributed by atoms with E-state index in [1.54, 1.807) is 39.8 Å². The Kier molecular flexibility index (Phi) is 11.5. The summed E-state index contributed by atoms with van der Waals surface area (Å²) in [5.41, 5.74) is 4.70. The quantitative estimate of drug-likeness (QED) is 0.190. The number of hydrogen-bond donors (Lipinski definition) is 3. The summed E-state index contributed by atoms with van der Waals surface area (Å²) in [5, 5.41) is 17.9. The molecule has 12 nitrogen and oxygen atoms in total. The standard InChI is InChI=1S/C34H32ClN7O3.C2HF3O2/c1-21-7-6-10-30(28-15-23(13-14-36-28)32-29(40-33(21)44)19-39-41(32)2)42-20-38-27(17-31(42)43)26-16-24(35)11-12-25(26)34(45)37-18-22-8-4-3-5-9-22;3-2(4,5)1(6)7/h3-5,8-9,11-17,19-21,30H,6-7,10,18H2,1-2H3,(H,37,45)(H,40,44);(H,6,7)/t21-,30+;/m1./s1. The van der Waals surface area contributed by atoms with Gasteiger partial charge in [-0.05, 0) is 48.7 Å². The fraction of sp³-hybridized carbons (Fsp3) is 0.250. The number of carboxylic acid groups (broad SMARTS) is 1. The van der Waals surface area contributed by atoms with Crippen molar-refractivity contribution in [2.45, 2.75) is 44.9 Å². The van der Waals surface area contributed by atoms with Crippen LogP contribution in [0.1, 0.15) is 53.8 Å². The van der Waals surface area contributed by atoms with E-state index in [4.69, 9.17) is 21.5 Å². The van der Waals surface area contributed by atoms with Crippen molar-refractivity contribution >= 4 is 35.1 Å². The first-order chi connectivity index (χ1) is 24.7. The van der Waals surface area contributed by atoms with Gasteiger partial charge >= 0.3 is 12.1 Å². The predicted octanol–water partition coefficient (Wildman–Crippen LogP) is 6.27. The van der Waals surface area contributed by atoms with Crippen molar-refractivity contribution in [3.8, 4) is 22.5 Å². The largest absolute Gasteiger partial charge is 0.490 e. The van der Waals surface area contributed by atoms with E-state index in [1.807, 2.05) is 56.4 Å². The van der Waals surface area contributed by atoms with Crippen LogP contribution in [0.2, 0.25) is 5.02 Å². The molecule has 16 heteroatoms. The number of aromatic nitrogens is 5. The maximum absolute atomic E-state index is 13.8. The lowest BCUT2D eigenvalue weighted by Gasteiger charge is -2.22. The zero-order valence-electron chi connectivity index (χ0n) is 27.9. The molecule has 0 aliphatic carbocycles. The third-order valence-electron chi connectivity index (χ3n) is 8.37. The number of nitrogens with one attached hydrogen (secondary N) is 2. The number of benzene rings is 2. The molecule has 52 heavy (non-hydrogen) atoms. The minimum absolute atomic E-state index is 0.0797. The number of alkyl halides is 3. The number of pyridine rings is 1. The maximum atomic E-state index is 13.8. The Hall–Kier alpha value is -5.83. The topological polar surface area (TPSA) is 161 Å². The van der Waals surface area contributed by atoms with E-state index >= 15 is 0 Å². The van der Waals surface area contributed by atoms with E-state index in [0.717, 1.165) is 16.8 Å². The summed E-state index contributed by atoms with van der Waals surface area (Å²) < 4.78 is 35.0. The van der Waals surface area contributed by atoms with Gasteiger partial charge in [-0.3, -0.25) is 28.6 Å². The van der Waals surface area contributed by atoms with Crippen molar-refractivity contribution < 1.29 is 32.7 Å². The summed E-state index contributed by atoms with van der Waals surface area (Å²) in [7, 11) is 1.82. The molecule has 6 rings (SSSR count). The number of carboxylic acids is 1. The molecule has 0 saturated carbocycles. The van der Waals surface area contributed by atoms with Gasteiger partial charge < -0.3 is 15.7 Å². The zero-order chi connectivity index (χ0) is 37.6. The Morgan fingerprint density at radius 2 is 1.77 bits per heavy atom. The highest BCUT2D eigenvalue weighted by Crippen LogP contribution is 2.33. The van der Waals surface area contributed by atoms with Crippen LogP contribution in [0.15, 0.2) is 90.2 Å². The Labute approximate surface area is 300 Å². The number of carbonyl (C=O) groups is 3. The van der Waals surface area contributed by atoms with Crippen molar-refractivity contribution in [3.63, 3.8) is 0 Å². The lowest BCUT2D eigenvalue weighted by molar-refractivity contribution is -0.192. The first kappa shape index (κ1) is 37.4. The van der Waals surface area contributed by atoms with E-state index in [1.165, 1.54) is 12.4 Å². The Balaban J connectivity index is 0.000000679. The maximum Gasteiger partial charge on any atom is 0.490 e. The molecule has 270 valence electrons. The van der Waals surface area contributed by atoms with Gasteiger partial charge in [0.25, 0.3) is 11.5 Å². The molecule has 0 fully saturated rings. The highest BCUT2D eigenvalue weighted by molar-refractivity contribution is 6.31. The number of rotatable bonds is 5. The fourth-order valence-electron chi connectivity index (χ4n) is 5.67. The third kappa shape index (κ3) is 8.90. The van der Waals surface area contributed by atoms with E-state index in [9.17, 15) is 27.6 Å². The molecule has 2 bridgehead atoms.